The molecule has 2 aliphatic rings. The molecule has 16 atom stereocenters. The van der Waals surface area contributed by atoms with Crippen molar-refractivity contribution in [2.24, 2.45) is 41.4 Å². The summed E-state index contributed by atoms with van der Waals surface area (Å²) in [6.45, 7) is 35.2. The Labute approximate surface area is 569 Å². The molecule has 5 N–H and O–H groups in total. The number of hydrogen-bond donors (Lipinski definition) is 5. The molecule has 0 spiro atoms. The lowest BCUT2D eigenvalue weighted by molar-refractivity contribution is -0.157. The van der Waals surface area contributed by atoms with Gasteiger partial charge in [-0.1, -0.05) is 102 Å². The van der Waals surface area contributed by atoms with Crippen molar-refractivity contribution in [3.63, 3.8) is 0 Å². The zero-order valence-electron chi connectivity index (χ0n) is 62.8. The average molecular weight is 1340 g/mol. The van der Waals surface area contributed by atoms with E-state index in [0.29, 0.717) is 39.0 Å². The van der Waals surface area contributed by atoms with Crippen LogP contribution in [0.2, 0.25) is 0 Å². The van der Waals surface area contributed by atoms with Gasteiger partial charge < -0.3 is 65.4 Å². The lowest BCUT2D eigenvalue weighted by Crippen LogP contribution is -2.64. The number of amides is 11. The molecule has 2 heterocycles. The zero-order valence-corrected chi connectivity index (χ0v) is 62.8. The molecule has 0 saturated carbocycles. The predicted octanol–water partition coefficient (Wildman–Crippen LogP) is 4.14. The highest BCUT2D eigenvalue weighted by molar-refractivity contribution is 6.00. The summed E-state index contributed by atoms with van der Waals surface area (Å²) < 4.78 is 5.93. The average Bonchev–Trinajstić information content (AvgIpc) is 0.812. The van der Waals surface area contributed by atoms with Gasteiger partial charge in [0, 0.05) is 68.5 Å². The maximum Gasteiger partial charge on any atom is 0.246 e. The highest BCUT2D eigenvalue weighted by Gasteiger charge is 2.47. The molecule has 16 unspecified atom stereocenters. The van der Waals surface area contributed by atoms with Crippen molar-refractivity contribution < 1.29 is 62.6 Å². The molecule has 2 aliphatic heterocycles. The van der Waals surface area contributed by atoms with Crippen molar-refractivity contribution in [1.82, 2.24) is 60.5 Å². The minimum atomic E-state index is -1.63. The number of nitrogens with one attached hydrogen (secondary N) is 4. The van der Waals surface area contributed by atoms with Crippen molar-refractivity contribution in [2.75, 3.05) is 69.0 Å². The van der Waals surface area contributed by atoms with Gasteiger partial charge in [0.2, 0.25) is 65.0 Å². The Morgan fingerprint density at radius 1 is 0.505 bits per heavy atom. The van der Waals surface area contributed by atoms with Gasteiger partial charge in [-0.25, -0.2) is 0 Å². The number of rotatable bonds is 18. The van der Waals surface area contributed by atoms with Gasteiger partial charge in [0.1, 0.15) is 66.5 Å². The molecule has 0 aliphatic carbocycles. The molecule has 0 bridgehead atoms. The maximum atomic E-state index is 15.3. The van der Waals surface area contributed by atoms with Crippen molar-refractivity contribution >= 4 is 65.0 Å². The van der Waals surface area contributed by atoms with Crippen molar-refractivity contribution in [3.8, 4) is 0 Å². The summed E-state index contributed by atoms with van der Waals surface area (Å²) in [7, 11) is 10.1. The van der Waals surface area contributed by atoms with Gasteiger partial charge >= 0.3 is 0 Å². The zero-order chi connectivity index (χ0) is 73.1. The quantitative estimate of drug-likeness (QED) is 0.121. The van der Waals surface area contributed by atoms with E-state index in [4.69, 9.17) is 4.74 Å². The van der Waals surface area contributed by atoms with Crippen LogP contribution in [0.4, 0.5) is 0 Å². The molecule has 25 nitrogen and oxygen atoms in total. The van der Waals surface area contributed by atoms with Gasteiger partial charge in [-0.15, -0.1) is 0 Å². The molecular formula is C70H126N12O13. The second-order valence-electron chi connectivity index (χ2n) is 29.4. The van der Waals surface area contributed by atoms with E-state index in [1.165, 1.54) is 99.5 Å². The highest BCUT2D eigenvalue weighted by Crippen LogP contribution is 2.27. The van der Waals surface area contributed by atoms with Crippen LogP contribution in [0.3, 0.4) is 0 Å². The van der Waals surface area contributed by atoms with E-state index in [0.717, 1.165) is 4.90 Å². The topological polar surface area (TPSA) is 291 Å². The monoisotopic (exact) mass is 1340 g/mol. The Morgan fingerprint density at radius 2 is 1.00 bits per heavy atom. The summed E-state index contributed by atoms with van der Waals surface area (Å²) in [5.41, 5.74) is 0. The molecule has 0 aromatic rings. The van der Waals surface area contributed by atoms with Crippen molar-refractivity contribution in [3.05, 3.63) is 12.2 Å². The number of hydrogen-bond acceptors (Lipinski definition) is 14. The molecule has 0 aromatic heterocycles. The van der Waals surface area contributed by atoms with E-state index in [9.17, 15) is 24.3 Å². The molecular weight excluding hydrogens is 1220 g/mol. The standard InChI is InChI=1S/C70H126N12O13/c1-27-29-30-44(13)59(83)58-63(87)73-51(28-2)66(90)75(20)50(19)65(89)80(25)57(45(14)36-82-37-47(16)95-38-46(82)15)62(86)74-55(42(9)10)69(93)76(21)52(33-31-39(3)4)61(85)71-48(17)60(84)72-49(18)64(88)78(23)54(35-41(7)8)68(92)77(22)53(34-32-40(5)6)67(91)79(24)56(43(11)12)70(94)81(58)26/h27,29,39-59,83H,28,30-38H2,1-26H3,(H,71,85)(H,72,84)(H,73,87)(H,74,86). The summed E-state index contributed by atoms with van der Waals surface area (Å²) in [4.78, 5) is 175. The SMILES string of the molecule is CC=CCC(C)C(O)C1C(=O)NC(CC)C(=O)N(C)C(C)C(=O)N(C)C(C(C)CN2CC(C)OCC2C)C(=O)NC(C(C)C)C(=O)N(C)C(CCC(C)C)C(=O)NC(C)C(=O)NC(C)C(=O)N(C)C(CC(C)C)C(=O)N(C)C(CCC(C)C)C(=O)N(C)C(C(C)C)C(=O)N1C. The fourth-order valence-corrected chi connectivity index (χ4v) is 12.7. The number of carbonyl (C=O) groups is 11. The van der Waals surface area contributed by atoms with Crippen molar-refractivity contribution in [1.29, 1.82) is 0 Å². The number of ether oxygens (including phenoxy) is 1. The summed E-state index contributed by atoms with van der Waals surface area (Å²) in [6.07, 6.45) is 3.72. The summed E-state index contributed by atoms with van der Waals surface area (Å²) >= 11 is 0. The van der Waals surface area contributed by atoms with E-state index >= 15 is 33.6 Å². The molecule has 0 radical (unpaired) electrons. The summed E-state index contributed by atoms with van der Waals surface area (Å²) in [5.74, 6) is -9.83. The van der Waals surface area contributed by atoms with Crippen LogP contribution in [-0.4, -0.2) is 263 Å². The van der Waals surface area contributed by atoms with Crippen LogP contribution in [0.5, 0.6) is 0 Å². The third-order valence-electron chi connectivity index (χ3n) is 19.2. The van der Waals surface area contributed by atoms with Crippen LogP contribution in [0.25, 0.3) is 0 Å². The molecule has 0 aromatic carbocycles. The fraction of sp³-hybridized carbons (Fsp3) is 0.814. The Kier molecular flexibility index (Phi) is 34.5. The molecule has 2 saturated heterocycles. The summed E-state index contributed by atoms with van der Waals surface area (Å²) in [5, 5.41) is 23.5. The van der Waals surface area contributed by atoms with E-state index in [2.05, 4.69) is 26.2 Å². The Balaban J connectivity index is 3.09. The predicted molar refractivity (Wildman–Crippen MR) is 368 cm³/mol. The fourth-order valence-electron chi connectivity index (χ4n) is 12.7. The van der Waals surface area contributed by atoms with E-state index < -0.39 is 161 Å². The Morgan fingerprint density at radius 3 is 1.52 bits per heavy atom. The van der Waals surface area contributed by atoms with E-state index in [1.54, 1.807) is 47.6 Å². The minimum Gasteiger partial charge on any atom is -0.390 e. The van der Waals surface area contributed by atoms with Crippen LogP contribution in [-0.2, 0) is 57.5 Å². The number of allylic oxidation sites excluding steroid dienone is 2. The Hall–Kier alpha value is -6.21. The van der Waals surface area contributed by atoms with Gasteiger partial charge in [-0.2, -0.15) is 0 Å². The van der Waals surface area contributed by atoms with Crippen molar-refractivity contribution in [2.45, 2.75) is 261 Å². The normalized spacial score (nSPS) is 29.2. The molecule has 2 rings (SSSR count). The molecule has 25 heteroatoms. The van der Waals surface area contributed by atoms with Gasteiger partial charge in [0.15, 0.2) is 0 Å². The Bertz CT molecular complexity index is 2620. The smallest absolute Gasteiger partial charge is 0.246 e. The molecule has 544 valence electrons. The van der Waals surface area contributed by atoms with Crippen LogP contribution in [0, 0.1) is 41.4 Å². The largest absolute Gasteiger partial charge is 0.390 e. The highest BCUT2D eigenvalue weighted by atomic mass is 16.5. The van der Waals surface area contributed by atoms with Crippen LogP contribution in [0.1, 0.15) is 176 Å². The number of nitrogens with zero attached hydrogens (tertiary/aromatic N) is 8. The van der Waals surface area contributed by atoms with Crippen LogP contribution >= 0.6 is 0 Å². The van der Waals surface area contributed by atoms with E-state index in [-0.39, 0.29) is 55.6 Å². The first kappa shape index (κ1) is 84.9. The summed E-state index contributed by atoms with van der Waals surface area (Å²) in [6, 6.07) is -13.9. The second-order valence-corrected chi connectivity index (χ2v) is 29.4. The molecule has 2 fully saturated rings. The van der Waals surface area contributed by atoms with Gasteiger partial charge in [0.05, 0.1) is 18.8 Å². The lowest BCUT2D eigenvalue weighted by atomic mass is 9.91. The molecule has 11 amide bonds. The third-order valence-corrected chi connectivity index (χ3v) is 19.2. The first-order chi connectivity index (χ1) is 44.0. The third kappa shape index (κ3) is 23.2. The lowest BCUT2D eigenvalue weighted by Gasteiger charge is -2.42. The van der Waals surface area contributed by atoms with Gasteiger partial charge in [0.25, 0.3) is 0 Å². The van der Waals surface area contributed by atoms with Crippen LogP contribution < -0.4 is 21.3 Å². The maximum absolute atomic E-state index is 15.3. The minimum absolute atomic E-state index is 0.00242. The number of carbonyl (C=O) groups excluding carboxylic acids is 11. The second kappa shape index (κ2) is 38.7. The number of aliphatic hydroxyl groups is 1. The van der Waals surface area contributed by atoms with E-state index in [1.807, 2.05) is 75.3 Å². The van der Waals surface area contributed by atoms with Gasteiger partial charge in [-0.05, 0) is 128 Å². The van der Waals surface area contributed by atoms with Gasteiger partial charge in [-0.3, -0.25) is 57.6 Å². The number of aliphatic hydroxyl groups excluding tert-OH is 1. The van der Waals surface area contributed by atoms with Crippen LogP contribution in [0.15, 0.2) is 12.2 Å². The number of likely N-dealkylation sites (N-methyl/N-ethyl adjacent to an activating group) is 7. The first-order valence-electron chi connectivity index (χ1n) is 34.8. The molecule has 95 heavy (non-hydrogen) atoms. The first-order valence-corrected chi connectivity index (χ1v) is 34.8. The number of morpholine rings is 1.